The lowest BCUT2D eigenvalue weighted by Crippen LogP contribution is -2.44. The monoisotopic (exact) mass is 413 g/mol. The smallest absolute Gasteiger partial charge is 0.408 e. The first-order chi connectivity index (χ1) is 14.5. The highest BCUT2D eigenvalue weighted by atomic mass is 16.6. The molecule has 2 aromatic rings. The van der Waals surface area contributed by atoms with Gasteiger partial charge < -0.3 is 25.8 Å². The van der Waals surface area contributed by atoms with E-state index in [9.17, 15) is 14.4 Å². The minimum Gasteiger partial charge on any atom is -0.445 e. The topological polar surface area (TPSA) is 120 Å². The van der Waals surface area contributed by atoms with E-state index < -0.39 is 24.1 Å². The molecule has 0 bridgehead atoms. The van der Waals surface area contributed by atoms with Crippen LogP contribution in [0.5, 0.6) is 0 Å². The van der Waals surface area contributed by atoms with Crippen LogP contribution < -0.4 is 16.4 Å². The fourth-order valence-electron chi connectivity index (χ4n) is 2.63. The summed E-state index contributed by atoms with van der Waals surface area (Å²) in [6.45, 7) is 0.691. The Kier molecular flexibility index (Phi) is 9.72. The van der Waals surface area contributed by atoms with E-state index in [-0.39, 0.29) is 13.2 Å². The molecule has 3 amide bonds. The van der Waals surface area contributed by atoms with Gasteiger partial charge in [0.15, 0.2) is 0 Å². The van der Waals surface area contributed by atoms with Gasteiger partial charge in [0.05, 0.1) is 0 Å². The number of rotatable bonds is 11. The summed E-state index contributed by atoms with van der Waals surface area (Å²) in [6.07, 6.45) is 0.311. The molecule has 0 radical (unpaired) electrons. The predicted molar refractivity (Wildman–Crippen MR) is 111 cm³/mol. The molecule has 1 atom stereocenters. The average molecular weight is 413 g/mol. The van der Waals surface area contributed by atoms with Gasteiger partial charge in [0.1, 0.15) is 19.3 Å². The van der Waals surface area contributed by atoms with Crippen molar-refractivity contribution in [3.63, 3.8) is 0 Å². The van der Waals surface area contributed by atoms with Crippen LogP contribution in [-0.4, -0.2) is 30.7 Å². The molecule has 8 heteroatoms. The van der Waals surface area contributed by atoms with Crippen LogP contribution in [0.25, 0.3) is 0 Å². The van der Waals surface area contributed by atoms with E-state index in [1.165, 1.54) is 0 Å². The van der Waals surface area contributed by atoms with Crippen molar-refractivity contribution in [1.29, 1.82) is 0 Å². The average Bonchev–Trinajstić information content (AvgIpc) is 2.76. The quantitative estimate of drug-likeness (QED) is 0.489. The molecule has 2 rings (SSSR count). The summed E-state index contributed by atoms with van der Waals surface area (Å²) in [4.78, 5) is 35.1. The van der Waals surface area contributed by atoms with E-state index in [4.69, 9.17) is 15.2 Å². The van der Waals surface area contributed by atoms with E-state index in [0.29, 0.717) is 25.8 Å². The Morgan fingerprint density at radius 1 is 0.800 bits per heavy atom. The van der Waals surface area contributed by atoms with Crippen LogP contribution in [0.15, 0.2) is 60.7 Å². The number of nitrogens with one attached hydrogen (secondary N) is 2. The van der Waals surface area contributed by atoms with Gasteiger partial charge in [-0.2, -0.15) is 0 Å². The number of carbonyl (C=O) groups excluding carboxylic acids is 3. The Morgan fingerprint density at radius 3 is 1.87 bits per heavy atom. The molecule has 0 aromatic heterocycles. The summed E-state index contributed by atoms with van der Waals surface area (Å²) in [5.41, 5.74) is 7.10. The van der Waals surface area contributed by atoms with E-state index in [2.05, 4.69) is 10.6 Å². The van der Waals surface area contributed by atoms with Crippen molar-refractivity contribution in [3.05, 3.63) is 71.8 Å². The number of carbonyl (C=O) groups is 3. The lowest BCUT2D eigenvalue weighted by molar-refractivity contribution is -0.120. The summed E-state index contributed by atoms with van der Waals surface area (Å²) >= 11 is 0. The van der Waals surface area contributed by atoms with Gasteiger partial charge >= 0.3 is 12.2 Å². The summed E-state index contributed by atoms with van der Waals surface area (Å²) in [5.74, 6) is -0.637. The van der Waals surface area contributed by atoms with Crippen molar-refractivity contribution in [2.75, 3.05) is 6.54 Å². The maximum absolute atomic E-state index is 11.9. The summed E-state index contributed by atoms with van der Waals surface area (Å²) in [5, 5.41) is 5.12. The van der Waals surface area contributed by atoms with Gasteiger partial charge in [-0.3, -0.25) is 4.79 Å². The van der Waals surface area contributed by atoms with E-state index in [1.807, 2.05) is 60.7 Å². The van der Waals surface area contributed by atoms with Crippen LogP contribution in [0.3, 0.4) is 0 Å². The van der Waals surface area contributed by atoms with Gasteiger partial charge in [-0.1, -0.05) is 60.7 Å². The van der Waals surface area contributed by atoms with Crippen molar-refractivity contribution in [2.24, 2.45) is 5.73 Å². The second-order valence-corrected chi connectivity index (χ2v) is 6.65. The van der Waals surface area contributed by atoms with Crippen LogP contribution in [0.1, 0.15) is 30.4 Å². The fourth-order valence-corrected chi connectivity index (χ4v) is 2.63. The predicted octanol–water partition coefficient (Wildman–Crippen LogP) is 2.86. The molecule has 0 aliphatic heterocycles. The van der Waals surface area contributed by atoms with Gasteiger partial charge in [-0.15, -0.1) is 0 Å². The summed E-state index contributed by atoms with van der Waals surface area (Å²) in [7, 11) is 0. The minimum atomic E-state index is -0.835. The standard InChI is InChI=1S/C22H27N3O5/c23-20(26)19(25-22(28)30-16-18-11-5-2-6-12-18)13-7-8-14-24-21(27)29-15-17-9-3-1-4-10-17/h1-6,9-12,19H,7-8,13-16H2,(H2,23,26)(H,24,27)(H,25,28). The maximum Gasteiger partial charge on any atom is 0.408 e. The molecule has 8 nitrogen and oxygen atoms in total. The molecule has 4 N–H and O–H groups in total. The fraction of sp³-hybridized carbons (Fsp3) is 0.318. The van der Waals surface area contributed by atoms with Crippen LogP contribution >= 0.6 is 0 Å². The largest absolute Gasteiger partial charge is 0.445 e. The zero-order valence-corrected chi connectivity index (χ0v) is 16.7. The molecule has 160 valence electrons. The SMILES string of the molecule is NC(=O)C(CCCCNC(=O)OCc1ccccc1)NC(=O)OCc1ccccc1. The third kappa shape index (κ3) is 9.09. The van der Waals surface area contributed by atoms with Gasteiger partial charge in [-0.25, -0.2) is 9.59 Å². The Morgan fingerprint density at radius 2 is 1.33 bits per heavy atom. The van der Waals surface area contributed by atoms with Crippen molar-refractivity contribution in [3.8, 4) is 0 Å². The molecule has 0 fully saturated rings. The van der Waals surface area contributed by atoms with Gasteiger partial charge in [0.2, 0.25) is 5.91 Å². The molecule has 0 spiro atoms. The molecule has 0 aliphatic carbocycles. The third-order valence-electron chi connectivity index (χ3n) is 4.25. The number of alkyl carbamates (subject to hydrolysis) is 2. The second-order valence-electron chi connectivity index (χ2n) is 6.65. The van der Waals surface area contributed by atoms with Crippen molar-refractivity contribution in [1.82, 2.24) is 10.6 Å². The number of hydrogen-bond donors (Lipinski definition) is 3. The number of benzene rings is 2. The Bertz CT molecular complexity index is 799. The molecule has 0 aliphatic rings. The highest BCUT2D eigenvalue weighted by Gasteiger charge is 2.18. The number of nitrogens with two attached hydrogens (primary N) is 1. The maximum atomic E-state index is 11.9. The number of primary amides is 1. The summed E-state index contributed by atoms with van der Waals surface area (Å²) in [6, 6.07) is 17.7. The van der Waals surface area contributed by atoms with Crippen LogP contribution in [0.2, 0.25) is 0 Å². The van der Waals surface area contributed by atoms with Crippen molar-refractivity contribution >= 4 is 18.1 Å². The molecule has 0 heterocycles. The first-order valence-corrected chi connectivity index (χ1v) is 9.75. The molecule has 30 heavy (non-hydrogen) atoms. The molecule has 1 unspecified atom stereocenters. The number of ether oxygens (including phenoxy) is 2. The van der Waals surface area contributed by atoms with Crippen LogP contribution in [0, 0.1) is 0 Å². The molecular weight excluding hydrogens is 386 g/mol. The molecule has 0 saturated carbocycles. The van der Waals surface area contributed by atoms with Crippen LogP contribution in [0.4, 0.5) is 9.59 Å². The van der Waals surface area contributed by atoms with E-state index in [1.54, 1.807) is 0 Å². The normalized spacial score (nSPS) is 11.2. The van der Waals surface area contributed by atoms with Gasteiger partial charge in [0, 0.05) is 6.54 Å². The second kappa shape index (κ2) is 12.8. The first kappa shape index (κ1) is 22.7. The Balaban J connectivity index is 1.59. The number of amides is 3. The minimum absolute atomic E-state index is 0.104. The third-order valence-corrected chi connectivity index (χ3v) is 4.25. The molecule has 0 saturated heterocycles. The van der Waals surface area contributed by atoms with Gasteiger partial charge in [0.25, 0.3) is 0 Å². The molecular formula is C22H27N3O5. The Labute approximate surface area is 175 Å². The highest BCUT2D eigenvalue weighted by Crippen LogP contribution is 2.04. The van der Waals surface area contributed by atoms with Crippen LogP contribution in [-0.2, 0) is 27.5 Å². The summed E-state index contributed by atoms with van der Waals surface area (Å²) < 4.78 is 10.2. The zero-order valence-electron chi connectivity index (χ0n) is 16.7. The van der Waals surface area contributed by atoms with Crippen molar-refractivity contribution < 1.29 is 23.9 Å². The lowest BCUT2D eigenvalue weighted by Gasteiger charge is -2.15. The van der Waals surface area contributed by atoms with Gasteiger partial charge in [-0.05, 0) is 30.4 Å². The lowest BCUT2D eigenvalue weighted by atomic mass is 10.1. The van der Waals surface area contributed by atoms with E-state index in [0.717, 1.165) is 11.1 Å². The highest BCUT2D eigenvalue weighted by molar-refractivity contribution is 5.84. The molecule has 2 aromatic carbocycles. The Hall–Kier alpha value is -3.55. The van der Waals surface area contributed by atoms with Crippen molar-refractivity contribution in [2.45, 2.75) is 38.5 Å². The van der Waals surface area contributed by atoms with E-state index >= 15 is 0 Å². The number of unbranched alkanes of at least 4 members (excludes halogenated alkanes) is 1. The first-order valence-electron chi connectivity index (χ1n) is 9.75. The number of hydrogen-bond acceptors (Lipinski definition) is 5. The zero-order chi connectivity index (χ0) is 21.6.